The van der Waals surface area contributed by atoms with Crippen LogP contribution in [0.2, 0.25) is 0 Å². The van der Waals surface area contributed by atoms with Gasteiger partial charge in [-0.15, -0.1) is 0 Å². The second kappa shape index (κ2) is 8.85. The zero-order chi connectivity index (χ0) is 21.9. The molecule has 1 spiro atoms. The van der Waals surface area contributed by atoms with E-state index in [4.69, 9.17) is 4.74 Å². The van der Waals surface area contributed by atoms with Gasteiger partial charge in [0.2, 0.25) is 5.91 Å². The number of ether oxygens (including phenoxy) is 1. The lowest BCUT2D eigenvalue weighted by atomic mass is 9.77. The van der Waals surface area contributed by atoms with Crippen molar-refractivity contribution in [1.82, 2.24) is 15.5 Å². The van der Waals surface area contributed by atoms with E-state index in [2.05, 4.69) is 17.6 Å². The predicted octanol–water partition coefficient (Wildman–Crippen LogP) is 2.22. The van der Waals surface area contributed by atoms with Gasteiger partial charge >= 0.3 is 12.0 Å². The van der Waals surface area contributed by atoms with Crippen molar-refractivity contribution in [3.8, 4) is 0 Å². The normalized spacial score (nSPS) is 24.5. The Hall–Kier alpha value is -2.90. The van der Waals surface area contributed by atoms with Crippen molar-refractivity contribution in [2.24, 2.45) is 5.92 Å². The maximum atomic E-state index is 12.9. The monoisotopic (exact) mass is 415 g/mol. The van der Waals surface area contributed by atoms with Crippen molar-refractivity contribution in [1.29, 1.82) is 0 Å². The quantitative estimate of drug-likeness (QED) is 0.548. The van der Waals surface area contributed by atoms with Crippen LogP contribution < -0.4 is 10.6 Å². The highest BCUT2D eigenvalue weighted by Gasteiger charge is 2.52. The van der Waals surface area contributed by atoms with Gasteiger partial charge in [-0.3, -0.25) is 19.3 Å². The fourth-order valence-corrected chi connectivity index (χ4v) is 4.10. The first-order valence-corrected chi connectivity index (χ1v) is 10.3. The molecule has 2 fully saturated rings. The van der Waals surface area contributed by atoms with E-state index in [1.165, 1.54) is 7.11 Å². The largest absolute Gasteiger partial charge is 0.469 e. The van der Waals surface area contributed by atoms with Crippen LogP contribution in [0.3, 0.4) is 0 Å². The second-order valence-electron chi connectivity index (χ2n) is 8.40. The molecule has 0 radical (unpaired) electrons. The fraction of sp³-hybridized carbons (Fsp3) is 0.545. The van der Waals surface area contributed by atoms with E-state index in [1.54, 1.807) is 0 Å². The molecule has 3 rings (SSSR count). The molecular formula is C22H29N3O5. The topological polar surface area (TPSA) is 105 Å². The van der Waals surface area contributed by atoms with Crippen molar-refractivity contribution < 1.29 is 23.9 Å². The van der Waals surface area contributed by atoms with Crippen LogP contribution >= 0.6 is 0 Å². The van der Waals surface area contributed by atoms with Gasteiger partial charge in [-0.05, 0) is 44.1 Å². The Kier molecular flexibility index (Phi) is 6.43. The molecule has 1 aliphatic carbocycles. The Morgan fingerprint density at radius 3 is 2.47 bits per heavy atom. The Balaban J connectivity index is 1.68. The molecule has 8 nitrogen and oxygen atoms in total. The number of aryl methyl sites for hydroxylation is 1. The van der Waals surface area contributed by atoms with Crippen LogP contribution in [0.5, 0.6) is 0 Å². The highest BCUT2D eigenvalue weighted by molar-refractivity contribution is 6.09. The minimum absolute atomic E-state index is 0.0483. The highest BCUT2D eigenvalue weighted by atomic mass is 16.5. The molecule has 1 aliphatic heterocycles. The molecule has 30 heavy (non-hydrogen) atoms. The van der Waals surface area contributed by atoms with E-state index in [-0.39, 0.29) is 18.9 Å². The summed E-state index contributed by atoms with van der Waals surface area (Å²) in [6.07, 6.45) is 2.85. The second-order valence-corrected chi connectivity index (χ2v) is 8.40. The van der Waals surface area contributed by atoms with Gasteiger partial charge in [-0.25, -0.2) is 4.79 Å². The minimum atomic E-state index is -0.883. The Labute approximate surface area is 176 Å². The SMILES string of the molecule is COC(=O)CC(NC(=O)CN1C(=O)NC2(CCC(C)CC2)C1=O)c1ccc(C)cc1. The van der Waals surface area contributed by atoms with Crippen LogP contribution in [0, 0.1) is 12.8 Å². The lowest BCUT2D eigenvalue weighted by molar-refractivity contribution is -0.141. The third-order valence-electron chi connectivity index (χ3n) is 6.09. The molecule has 8 heteroatoms. The molecule has 162 valence electrons. The number of methoxy groups -OCH3 is 1. The Bertz CT molecular complexity index is 828. The van der Waals surface area contributed by atoms with Crippen LogP contribution in [0.25, 0.3) is 0 Å². The molecule has 0 bridgehead atoms. The number of nitrogens with zero attached hydrogens (tertiary/aromatic N) is 1. The number of esters is 1. The van der Waals surface area contributed by atoms with Gasteiger partial charge in [0.25, 0.3) is 5.91 Å². The van der Waals surface area contributed by atoms with Crippen molar-refractivity contribution in [3.63, 3.8) is 0 Å². The first-order chi connectivity index (χ1) is 14.2. The third kappa shape index (κ3) is 4.63. The number of hydrogen-bond acceptors (Lipinski definition) is 5. The van der Waals surface area contributed by atoms with Gasteiger partial charge in [-0.2, -0.15) is 0 Å². The summed E-state index contributed by atoms with van der Waals surface area (Å²) in [5.41, 5.74) is 0.911. The van der Waals surface area contributed by atoms with Gasteiger partial charge in [0.05, 0.1) is 19.6 Å². The van der Waals surface area contributed by atoms with Crippen molar-refractivity contribution in [2.45, 2.75) is 57.5 Å². The molecule has 1 atom stereocenters. The molecule has 1 saturated carbocycles. The van der Waals surface area contributed by atoms with Crippen LogP contribution in [0.4, 0.5) is 4.79 Å². The van der Waals surface area contributed by atoms with E-state index < -0.39 is 29.5 Å². The molecule has 1 aromatic carbocycles. The van der Waals surface area contributed by atoms with Crippen LogP contribution in [-0.4, -0.2) is 47.9 Å². The summed E-state index contributed by atoms with van der Waals surface area (Å²) >= 11 is 0. The molecule has 1 aromatic rings. The summed E-state index contributed by atoms with van der Waals surface area (Å²) in [6.45, 7) is 3.69. The van der Waals surface area contributed by atoms with Gasteiger partial charge in [-0.1, -0.05) is 36.8 Å². The number of benzene rings is 1. The first-order valence-electron chi connectivity index (χ1n) is 10.3. The zero-order valence-electron chi connectivity index (χ0n) is 17.7. The van der Waals surface area contributed by atoms with Gasteiger partial charge in [0.1, 0.15) is 12.1 Å². The number of urea groups is 1. The summed E-state index contributed by atoms with van der Waals surface area (Å²) in [6, 6.07) is 6.28. The minimum Gasteiger partial charge on any atom is -0.469 e. The van der Waals surface area contributed by atoms with E-state index in [9.17, 15) is 19.2 Å². The molecule has 1 unspecified atom stereocenters. The zero-order valence-corrected chi connectivity index (χ0v) is 17.7. The van der Waals surface area contributed by atoms with Crippen molar-refractivity contribution in [3.05, 3.63) is 35.4 Å². The smallest absolute Gasteiger partial charge is 0.325 e. The van der Waals surface area contributed by atoms with Gasteiger partial charge in [0.15, 0.2) is 0 Å². The Morgan fingerprint density at radius 1 is 1.23 bits per heavy atom. The van der Waals surface area contributed by atoms with E-state index in [0.29, 0.717) is 18.8 Å². The van der Waals surface area contributed by atoms with E-state index >= 15 is 0 Å². The average Bonchev–Trinajstić information content (AvgIpc) is 2.94. The molecule has 4 amide bonds. The highest BCUT2D eigenvalue weighted by Crippen LogP contribution is 2.36. The summed E-state index contributed by atoms with van der Waals surface area (Å²) in [7, 11) is 1.29. The van der Waals surface area contributed by atoms with Crippen molar-refractivity contribution >= 4 is 23.8 Å². The number of carbonyl (C=O) groups is 4. The van der Waals surface area contributed by atoms with Crippen LogP contribution in [-0.2, 0) is 19.1 Å². The summed E-state index contributed by atoms with van der Waals surface area (Å²) < 4.78 is 4.74. The fourth-order valence-electron chi connectivity index (χ4n) is 4.10. The predicted molar refractivity (Wildman–Crippen MR) is 109 cm³/mol. The lowest BCUT2D eigenvalue weighted by Crippen LogP contribution is -2.50. The molecule has 2 aliphatic rings. The molecule has 0 aromatic heterocycles. The lowest BCUT2D eigenvalue weighted by Gasteiger charge is -2.33. The van der Waals surface area contributed by atoms with E-state index in [1.807, 2.05) is 31.2 Å². The maximum absolute atomic E-state index is 12.9. The van der Waals surface area contributed by atoms with Crippen LogP contribution in [0.15, 0.2) is 24.3 Å². The number of nitrogens with one attached hydrogen (secondary N) is 2. The average molecular weight is 415 g/mol. The first kappa shape index (κ1) is 21.8. The van der Waals surface area contributed by atoms with Crippen LogP contribution in [0.1, 0.15) is 56.2 Å². The molecule has 1 saturated heterocycles. The summed E-state index contributed by atoms with van der Waals surface area (Å²) in [5, 5.41) is 5.58. The summed E-state index contributed by atoms with van der Waals surface area (Å²) in [5.74, 6) is -0.791. The third-order valence-corrected chi connectivity index (χ3v) is 6.09. The van der Waals surface area contributed by atoms with Gasteiger partial charge in [0, 0.05) is 0 Å². The molecule has 2 N–H and O–H groups in total. The van der Waals surface area contributed by atoms with Gasteiger partial charge < -0.3 is 15.4 Å². The van der Waals surface area contributed by atoms with E-state index in [0.717, 1.165) is 28.9 Å². The molecular weight excluding hydrogens is 386 g/mol. The maximum Gasteiger partial charge on any atom is 0.325 e. The van der Waals surface area contributed by atoms with Crippen molar-refractivity contribution in [2.75, 3.05) is 13.7 Å². The standard InChI is InChI=1S/C22H29N3O5/c1-14-4-6-16(7-5-14)17(12-19(27)30-3)23-18(26)13-25-20(28)22(24-21(25)29)10-8-15(2)9-11-22/h4-7,15,17H,8-13H2,1-3H3,(H,23,26)(H,24,29). The summed E-state index contributed by atoms with van der Waals surface area (Å²) in [4.78, 5) is 50.9. The number of amides is 4. The Morgan fingerprint density at radius 2 is 1.87 bits per heavy atom. The number of rotatable bonds is 6. The number of hydrogen-bond donors (Lipinski definition) is 2. The molecule has 1 heterocycles. The number of imide groups is 1. The number of carbonyl (C=O) groups excluding carboxylic acids is 4.